The molecule has 0 amide bonds. The first-order chi connectivity index (χ1) is 9.76. The summed E-state index contributed by atoms with van der Waals surface area (Å²) in [5, 5.41) is 3.32. The highest BCUT2D eigenvalue weighted by Gasteiger charge is 2.37. The zero-order chi connectivity index (χ0) is 14.4. The minimum atomic E-state index is -0.214. The highest BCUT2D eigenvalue weighted by molar-refractivity contribution is 5.76. The molecule has 20 heavy (non-hydrogen) atoms. The van der Waals surface area contributed by atoms with Crippen molar-refractivity contribution < 1.29 is 14.3 Å². The van der Waals surface area contributed by atoms with Crippen LogP contribution < -0.4 is 5.32 Å². The molecular formula is C15H28N2O3. The Morgan fingerprint density at radius 2 is 2.30 bits per heavy atom. The maximum atomic E-state index is 12.1. The third-order valence-corrected chi connectivity index (χ3v) is 4.23. The van der Waals surface area contributed by atoms with E-state index in [4.69, 9.17) is 9.47 Å². The van der Waals surface area contributed by atoms with Crippen LogP contribution in [0.1, 0.15) is 39.5 Å². The molecule has 3 unspecified atom stereocenters. The van der Waals surface area contributed by atoms with Crippen molar-refractivity contribution in [3.8, 4) is 0 Å². The van der Waals surface area contributed by atoms with Crippen LogP contribution in [-0.4, -0.2) is 61.9 Å². The van der Waals surface area contributed by atoms with E-state index in [9.17, 15) is 4.79 Å². The molecule has 1 aliphatic carbocycles. The van der Waals surface area contributed by atoms with Gasteiger partial charge in [-0.25, -0.2) is 0 Å². The number of esters is 1. The lowest BCUT2D eigenvalue weighted by Crippen LogP contribution is -2.55. The minimum absolute atomic E-state index is 0.123. The molecule has 1 heterocycles. The van der Waals surface area contributed by atoms with Crippen molar-refractivity contribution in [2.75, 3.05) is 32.8 Å². The van der Waals surface area contributed by atoms with Crippen LogP contribution in [0.15, 0.2) is 0 Å². The molecule has 0 bridgehead atoms. The number of carbonyl (C=O) groups excluding carboxylic acids is 1. The number of rotatable bonds is 7. The fourth-order valence-corrected chi connectivity index (χ4v) is 3.25. The molecule has 116 valence electrons. The Balaban J connectivity index is 1.93. The third-order valence-electron chi connectivity index (χ3n) is 4.23. The van der Waals surface area contributed by atoms with Gasteiger partial charge in [0, 0.05) is 19.1 Å². The number of fused-ring (bicyclic) bond motifs is 1. The Bertz CT molecular complexity index is 311. The number of morpholine rings is 1. The van der Waals surface area contributed by atoms with E-state index in [1.54, 1.807) is 0 Å². The quantitative estimate of drug-likeness (QED) is 0.711. The van der Waals surface area contributed by atoms with Crippen molar-refractivity contribution >= 4 is 5.97 Å². The number of hydrogen-bond donors (Lipinski definition) is 1. The summed E-state index contributed by atoms with van der Waals surface area (Å²) in [6, 6.07) is 0.276. The lowest BCUT2D eigenvalue weighted by atomic mass is 10.1. The Hall–Kier alpha value is -0.650. The molecule has 2 rings (SSSR count). The van der Waals surface area contributed by atoms with Gasteiger partial charge in [0.1, 0.15) is 6.04 Å². The van der Waals surface area contributed by atoms with Crippen LogP contribution in [0.5, 0.6) is 0 Å². The number of ether oxygens (including phenoxy) is 2. The van der Waals surface area contributed by atoms with E-state index in [0.717, 1.165) is 39.1 Å². The molecule has 0 aromatic rings. The molecule has 5 heteroatoms. The normalized spacial score (nSPS) is 28.1. The Labute approximate surface area is 122 Å². The third kappa shape index (κ3) is 3.93. The lowest BCUT2D eigenvalue weighted by molar-refractivity contribution is -0.147. The van der Waals surface area contributed by atoms with Crippen LogP contribution in [0, 0.1) is 0 Å². The zero-order valence-electron chi connectivity index (χ0n) is 12.8. The molecule has 5 nitrogen and oxygen atoms in total. The predicted octanol–water partition coefficient (Wildman–Crippen LogP) is 1.17. The van der Waals surface area contributed by atoms with Gasteiger partial charge >= 0.3 is 5.97 Å². The lowest BCUT2D eigenvalue weighted by Gasteiger charge is -2.39. The van der Waals surface area contributed by atoms with E-state index < -0.39 is 0 Å². The maximum absolute atomic E-state index is 12.1. The van der Waals surface area contributed by atoms with Gasteiger partial charge in [-0.2, -0.15) is 0 Å². The van der Waals surface area contributed by atoms with E-state index in [1.165, 1.54) is 12.8 Å². The van der Waals surface area contributed by atoms with E-state index >= 15 is 0 Å². The second-order valence-corrected chi connectivity index (χ2v) is 5.66. The number of nitrogens with zero attached hydrogens (tertiary/aromatic N) is 1. The van der Waals surface area contributed by atoms with Crippen LogP contribution in [-0.2, 0) is 14.3 Å². The van der Waals surface area contributed by atoms with Gasteiger partial charge in [0.15, 0.2) is 0 Å². The predicted molar refractivity (Wildman–Crippen MR) is 77.7 cm³/mol. The van der Waals surface area contributed by atoms with Gasteiger partial charge in [0.2, 0.25) is 0 Å². The first kappa shape index (κ1) is 15.7. The maximum Gasteiger partial charge on any atom is 0.324 e. The minimum Gasteiger partial charge on any atom is -0.465 e. The molecule has 0 aromatic carbocycles. The van der Waals surface area contributed by atoms with Gasteiger partial charge in [-0.15, -0.1) is 0 Å². The summed E-state index contributed by atoms with van der Waals surface area (Å²) in [5.74, 6) is -0.123. The van der Waals surface area contributed by atoms with Crippen molar-refractivity contribution in [1.29, 1.82) is 0 Å². The summed E-state index contributed by atoms with van der Waals surface area (Å²) in [7, 11) is 0. The highest BCUT2D eigenvalue weighted by Crippen LogP contribution is 2.29. The Morgan fingerprint density at radius 3 is 3.05 bits per heavy atom. The average Bonchev–Trinajstić information content (AvgIpc) is 2.92. The molecule has 0 spiro atoms. The number of nitrogens with one attached hydrogen (secondary N) is 1. The first-order valence-corrected chi connectivity index (χ1v) is 8.02. The van der Waals surface area contributed by atoms with E-state index in [2.05, 4.69) is 17.1 Å². The molecule has 0 radical (unpaired) electrons. The van der Waals surface area contributed by atoms with Crippen LogP contribution in [0.3, 0.4) is 0 Å². The molecule has 2 fully saturated rings. The van der Waals surface area contributed by atoms with Gasteiger partial charge in [-0.05, 0) is 39.2 Å². The van der Waals surface area contributed by atoms with E-state index in [1.807, 2.05) is 6.92 Å². The summed E-state index contributed by atoms with van der Waals surface area (Å²) < 4.78 is 11.0. The molecule has 1 saturated carbocycles. The molecular weight excluding hydrogens is 256 g/mol. The fourth-order valence-electron chi connectivity index (χ4n) is 3.25. The van der Waals surface area contributed by atoms with Gasteiger partial charge in [-0.1, -0.05) is 6.92 Å². The summed E-state index contributed by atoms with van der Waals surface area (Å²) in [5.41, 5.74) is 0. The molecule has 1 N–H and O–H groups in total. The zero-order valence-corrected chi connectivity index (χ0v) is 12.8. The van der Waals surface area contributed by atoms with Gasteiger partial charge in [-0.3, -0.25) is 9.69 Å². The van der Waals surface area contributed by atoms with Gasteiger partial charge in [0.05, 0.1) is 19.3 Å². The topological polar surface area (TPSA) is 50.8 Å². The second-order valence-electron chi connectivity index (χ2n) is 5.66. The van der Waals surface area contributed by atoms with Crippen molar-refractivity contribution in [3.05, 3.63) is 0 Å². The second kappa shape index (κ2) is 7.96. The monoisotopic (exact) mass is 284 g/mol. The molecule has 1 aliphatic heterocycles. The van der Waals surface area contributed by atoms with Crippen molar-refractivity contribution in [2.24, 2.45) is 0 Å². The highest BCUT2D eigenvalue weighted by atomic mass is 16.5. The van der Waals surface area contributed by atoms with Crippen LogP contribution in [0.25, 0.3) is 0 Å². The standard InChI is InChI=1S/C15H28N2O3/c1-3-8-16-12(15(18)19-4-2)11-17-9-10-20-14-7-5-6-13(14)17/h12-14,16H,3-11H2,1-2H3. The number of carbonyl (C=O) groups is 1. The van der Waals surface area contributed by atoms with Gasteiger partial charge < -0.3 is 14.8 Å². The SMILES string of the molecule is CCCNC(CN1CCOC2CCCC21)C(=O)OCC. The average molecular weight is 284 g/mol. The van der Waals surface area contributed by atoms with Crippen LogP contribution >= 0.6 is 0 Å². The summed E-state index contributed by atoms with van der Waals surface area (Å²) in [4.78, 5) is 14.5. The molecule has 2 aliphatic rings. The van der Waals surface area contributed by atoms with Crippen molar-refractivity contribution in [3.63, 3.8) is 0 Å². The fraction of sp³-hybridized carbons (Fsp3) is 0.933. The van der Waals surface area contributed by atoms with Crippen LogP contribution in [0.4, 0.5) is 0 Å². The van der Waals surface area contributed by atoms with Gasteiger partial charge in [0.25, 0.3) is 0 Å². The summed E-state index contributed by atoms with van der Waals surface area (Å²) >= 11 is 0. The molecule has 1 saturated heterocycles. The summed E-state index contributed by atoms with van der Waals surface area (Å²) in [6.45, 7) is 7.70. The summed E-state index contributed by atoms with van der Waals surface area (Å²) in [6.07, 6.45) is 4.98. The van der Waals surface area contributed by atoms with Crippen molar-refractivity contribution in [1.82, 2.24) is 10.2 Å². The van der Waals surface area contributed by atoms with Crippen LogP contribution in [0.2, 0.25) is 0 Å². The Kier molecular flexibility index (Phi) is 6.26. The largest absolute Gasteiger partial charge is 0.465 e. The number of hydrogen-bond acceptors (Lipinski definition) is 5. The first-order valence-electron chi connectivity index (χ1n) is 8.02. The Morgan fingerprint density at radius 1 is 1.45 bits per heavy atom. The van der Waals surface area contributed by atoms with E-state index in [-0.39, 0.29) is 12.0 Å². The van der Waals surface area contributed by atoms with Crippen molar-refractivity contribution in [2.45, 2.75) is 57.7 Å². The smallest absolute Gasteiger partial charge is 0.324 e. The van der Waals surface area contributed by atoms with E-state index in [0.29, 0.717) is 18.8 Å². The molecule has 0 aromatic heterocycles. The molecule has 3 atom stereocenters.